The van der Waals surface area contributed by atoms with Crippen LogP contribution >= 0.6 is 11.3 Å². The van der Waals surface area contributed by atoms with Crippen molar-refractivity contribution < 1.29 is 34.6 Å². The zero-order chi connectivity index (χ0) is 13.5. The summed E-state index contributed by atoms with van der Waals surface area (Å²) in [7, 11) is -6.11. The number of rotatable bonds is 3. The lowest BCUT2D eigenvalue weighted by molar-refractivity contribution is -0.243. The summed E-state index contributed by atoms with van der Waals surface area (Å²) in [5, 5.41) is -5.15. The lowest BCUT2D eigenvalue weighted by Gasteiger charge is -2.18. The van der Waals surface area contributed by atoms with Gasteiger partial charge in [0.1, 0.15) is 0 Å². The minimum atomic E-state index is -6.22. The van der Waals surface area contributed by atoms with E-state index in [-0.39, 0.29) is 0 Å². The molecule has 1 aromatic rings. The van der Waals surface area contributed by atoms with Crippen molar-refractivity contribution >= 4 is 21.5 Å². The van der Waals surface area contributed by atoms with E-state index in [1.54, 1.807) is 0 Å². The largest absolute Gasteiger partial charge is 0.475 e. The van der Waals surface area contributed by atoms with Gasteiger partial charge in [-0.15, -0.1) is 11.3 Å². The van der Waals surface area contributed by atoms with Crippen LogP contribution in [-0.2, 0) is 10.1 Å². The third-order valence-corrected chi connectivity index (χ3v) is 3.83. The van der Waals surface area contributed by atoms with Crippen LogP contribution in [0.4, 0.5) is 22.0 Å². The van der Waals surface area contributed by atoms with E-state index >= 15 is 0 Å². The molecule has 0 atom stereocenters. The number of hydrogen-bond donors (Lipinski definition) is 0. The first-order valence-corrected chi connectivity index (χ1v) is 6.20. The van der Waals surface area contributed by atoms with Crippen LogP contribution in [0.5, 0.6) is 5.06 Å². The number of alkyl halides is 5. The van der Waals surface area contributed by atoms with E-state index in [9.17, 15) is 30.4 Å². The van der Waals surface area contributed by atoms with E-state index in [4.69, 9.17) is 0 Å². The fourth-order valence-corrected chi connectivity index (χ4v) is 2.45. The lowest BCUT2D eigenvalue weighted by atomic mass is 10.4. The fraction of sp³-hybridized carbons (Fsp3) is 0.429. The van der Waals surface area contributed by atoms with Gasteiger partial charge in [-0.2, -0.15) is 30.4 Å². The highest BCUT2D eigenvalue weighted by molar-refractivity contribution is 7.88. The number of halogens is 5. The average Bonchev–Trinajstić information content (AvgIpc) is 2.47. The minimum Gasteiger partial charge on any atom is -0.367 e. The van der Waals surface area contributed by atoms with E-state index in [1.807, 2.05) is 0 Å². The van der Waals surface area contributed by atoms with Crippen molar-refractivity contribution in [2.75, 3.05) is 0 Å². The molecule has 0 saturated carbocycles. The van der Waals surface area contributed by atoms with Crippen molar-refractivity contribution in [1.29, 1.82) is 0 Å². The molecule has 0 fully saturated rings. The van der Waals surface area contributed by atoms with Crippen molar-refractivity contribution in [2.24, 2.45) is 0 Å². The van der Waals surface area contributed by atoms with Crippen LogP contribution in [-0.4, -0.2) is 19.8 Å². The zero-order valence-electron chi connectivity index (χ0n) is 8.09. The SMILES string of the molecule is Cc1csc(OS(=O)(=O)C(F)(F)C(F)(F)F)c1. The molecule has 0 amide bonds. The van der Waals surface area contributed by atoms with Crippen molar-refractivity contribution in [2.45, 2.75) is 18.4 Å². The van der Waals surface area contributed by atoms with E-state index in [2.05, 4.69) is 4.18 Å². The van der Waals surface area contributed by atoms with Gasteiger partial charge < -0.3 is 4.18 Å². The molecule has 0 spiro atoms. The number of aryl methyl sites for hydroxylation is 1. The van der Waals surface area contributed by atoms with E-state index in [0.717, 1.165) is 6.07 Å². The lowest BCUT2D eigenvalue weighted by Crippen LogP contribution is -2.46. The summed E-state index contributed by atoms with van der Waals surface area (Å²) in [6, 6.07) is 1.04. The van der Waals surface area contributed by atoms with Gasteiger partial charge in [0.2, 0.25) is 0 Å². The second-order valence-electron chi connectivity index (χ2n) is 3.00. The third kappa shape index (κ3) is 2.68. The normalized spacial score (nSPS) is 13.8. The van der Waals surface area contributed by atoms with Crippen LogP contribution in [0.1, 0.15) is 5.56 Å². The van der Waals surface area contributed by atoms with Crippen LogP contribution in [0.15, 0.2) is 11.4 Å². The van der Waals surface area contributed by atoms with Gasteiger partial charge in [0, 0.05) is 0 Å². The Hall–Kier alpha value is -0.900. The average molecular weight is 296 g/mol. The minimum absolute atomic E-state index is 0.482. The first kappa shape index (κ1) is 14.2. The smallest absolute Gasteiger partial charge is 0.367 e. The van der Waals surface area contributed by atoms with E-state index in [1.165, 1.54) is 12.3 Å². The summed E-state index contributed by atoms with van der Waals surface area (Å²) in [6.07, 6.45) is -6.22. The first-order chi connectivity index (χ1) is 7.47. The van der Waals surface area contributed by atoms with Crippen molar-refractivity contribution in [3.05, 3.63) is 17.0 Å². The molecule has 0 aromatic carbocycles. The molecule has 0 N–H and O–H groups in total. The molecule has 10 heteroatoms. The monoisotopic (exact) mass is 296 g/mol. The summed E-state index contributed by atoms with van der Waals surface area (Å²) in [5.74, 6) is 0. The maximum absolute atomic E-state index is 12.6. The molecule has 0 saturated heterocycles. The molecule has 98 valence electrons. The summed E-state index contributed by atoms with van der Waals surface area (Å²) in [4.78, 5) is 0. The molecule has 0 aliphatic carbocycles. The molecule has 0 radical (unpaired) electrons. The van der Waals surface area contributed by atoms with Crippen LogP contribution in [0, 0.1) is 6.92 Å². The topological polar surface area (TPSA) is 43.4 Å². The molecule has 0 bridgehead atoms. The van der Waals surface area contributed by atoms with Gasteiger partial charge in [0.05, 0.1) is 0 Å². The Kier molecular flexibility index (Phi) is 3.41. The van der Waals surface area contributed by atoms with Crippen molar-refractivity contribution in [1.82, 2.24) is 0 Å². The fourth-order valence-electron chi connectivity index (χ4n) is 0.751. The predicted octanol–water partition coefficient (Wildman–Crippen LogP) is 2.92. The molecule has 1 heterocycles. The van der Waals surface area contributed by atoms with Gasteiger partial charge in [-0.1, -0.05) is 0 Å². The Balaban J connectivity index is 3.05. The van der Waals surface area contributed by atoms with Gasteiger partial charge in [-0.25, -0.2) is 0 Å². The second kappa shape index (κ2) is 4.09. The summed E-state index contributed by atoms with van der Waals surface area (Å²) in [5.41, 5.74) is 0.482. The molecule has 1 aromatic heterocycles. The number of thiophene rings is 1. The van der Waals surface area contributed by atoms with Crippen LogP contribution < -0.4 is 4.18 Å². The highest BCUT2D eigenvalue weighted by atomic mass is 32.2. The molecule has 1 rings (SSSR count). The van der Waals surface area contributed by atoms with Crippen molar-refractivity contribution in [3.8, 4) is 5.06 Å². The Morgan fingerprint density at radius 2 is 1.76 bits per heavy atom. The molecule has 17 heavy (non-hydrogen) atoms. The van der Waals surface area contributed by atoms with E-state index < -0.39 is 26.6 Å². The van der Waals surface area contributed by atoms with Gasteiger partial charge in [0.25, 0.3) is 0 Å². The first-order valence-electron chi connectivity index (χ1n) is 3.91. The standard InChI is InChI=1S/C7H5F5O3S2/c1-4-2-5(16-3-4)15-17(13,14)7(11,12)6(8,9)10/h2-3H,1H3. The molecule has 0 unspecified atom stereocenters. The maximum atomic E-state index is 12.6. The molecular weight excluding hydrogens is 291 g/mol. The highest BCUT2D eigenvalue weighted by Gasteiger charge is 2.69. The molecule has 3 nitrogen and oxygen atoms in total. The predicted molar refractivity (Wildman–Crippen MR) is 49.6 cm³/mol. The van der Waals surface area contributed by atoms with Crippen LogP contribution in [0.2, 0.25) is 0 Å². The van der Waals surface area contributed by atoms with Crippen LogP contribution in [0.3, 0.4) is 0 Å². The van der Waals surface area contributed by atoms with Crippen LogP contribution in [0.25, 0.3) is 0 Å². The van der Waals surface area contributed by atoms with Gasteiger partial charge >= 0.3 is 21.5 Å². The Bertz CT molecular complexity index is 502. The van der Waals surface area contributed by atoms with E-state index in [0.29, 0.717) is 16.9 Å². The molecule has 0 aliphatic heterocycles. The summed E-state index contributed by atoms with van der Waals surface area (Å²) < 4.78 is 85.9. The highest BCUT2D eigenvalue weighted by Crippen LogP contribution is 2.41. The van der Waals surface area contributed by atoms with Gasteiger partial charge in [0.15, 0.2) is 5.06 Å². The zero-order valence-corrected chi connectivity index (χ0v) is 9.72. The summed E-state index contributed by atoms with van der Waals surface area (Å²) >= 11 is 0.601. The molecular formula is C7H5F5O3S2. The maximum Gasteiger partial charge on any atom is 0.475 e. The number of hydrogen-bond acceptors (Lipinski definition) is 4. The van der Waals surface area contributed by atoms with Gasteiger partial charge in [-0.3, -0.25) is 0 Å². The Morgan fingerprint density at radius 1 is 1.24 bits per heavy atom. The summed E-state index contributed by atoms with van der Waals surface area (Å²) in [6.45, 7) is 1.50. The second-order valence-corrected chi connectivity index (χ2v) is 5.46. The molecule has 0 aliphatic rings. The Labute approximate surface area is 96.9 Å². The Morgan fingerprint density at radius 3 is 2.12 bits per heavy atom. The quantitative estimate of drug-likeness (QED) is 0.636. The third-order valence-electron chi connectivity index (χ3n) is 1.54. The van der Waals surface area contributed by atoms with Crippen molar-refractivity contribution in [3.63, 3.8) is 0 Å². The van der Waals surface area contributed by atoms with Gasteiger partial charge in [-0.05, 0) is 23.9 Å².